The van der Waals surface area contributed by atoms with Gasteiger partial charge < -0.3 is 4.74 Å². The molecule has 0 aliphatic carbocycles. The van der Waals surface area contributed by atoms with E-state index in [0.717, 1.165) is 6.08 Å². The summed E-state index contributed by atoms with van der Waals surface area (Å²) in [6.07, 6.45) is 0.918. The van der Waals surface area contributed by atoms with E-state index in [4.69, 9.17) is 0 Å². The van der Waals surface area contributed by atoms with Crippen LogP contribution in [-0.2, 0) is 31.4 Å². The van der Waals surface area contributed by atoms with Crippen molar-refractivity contribution < 1.29 is 31.4 Å². The van der Waals surface area contributed by atoms with Crippen LogP contribution in [0, 0.1) is 0 Å². The molecular formula is C7H8CuO3. The molecule has 0 bridgehead atoms. The molecule has 0 fully saturated rings. The molecular weight excluding hydrogens is 196 g/mol. The minimum absolute atomic E-state index is 0. The number of rotatable bonds is 2. The van der Waals surface area contributed by atoms with E-state index in [-0.39, 0.29) is 22.6 Å². The maximum absolute atomic E-state index is 10.5. The van der Waals surface area contributed by atoms with Crippen LogP contribution in [0.1, 0.15) is 6.92 Å². The fourth-order valence-corrected chi connectivity index (χ4v) is 0.220. The van der Waals surface area contributed by atoms with Gasteiger partial charge in [0.25, 0.3) is 0 Å². The van der Waals surface area contributed by atoms with E-state index in [1.807, 2.05) is 0 Å². The summed E-state index contributed by atoms with van der Waals surface area (Å²) in [5.41, 5.74) is 0.190. The van der Waals surface area contributed by atoms with Gasteiger partial charge in [0, 0.05) is 28.7 Å². The molecule has 65 valence electrons. The average Bonchev–Trinajstić information content (AvgIpc) is 1.87. The molecule has 0 aliphatic rings. The second-order valence-electron chi connectivity index (χ2n) is 1.69. The quantitative estimate of drug-likeness (QED) is 0.289. The molecule has 0 rings (SSSR count). The first-order chi connectivity index (χ1) is 4.57. The summed E-state index contributed by atoms with van der Waals surface area (Å²) >= 11 is 0. The summed E-state index contributed by atoms with van der Waals surface area (Å²) in [6.45, 7) is 7.85. The van der Waals surface area contributed by atoms with Gasteiger partial charge in [-0.2, -0.15) is 0 Å². The van der Waals surface area contributed by atoms with E-state index in [1.54, 1.807) is 0 Å². The summed E-state index contributed by atoms with van der Waals surface area (Å²) in [5, 5.41) is 0. The van der Waals surface area contributed by atoms with Crippen molar-refractivity contribution >= 4 is 11.9 Å². The molecule has 0 spiro atoms. The van der Waals surface area contributed by atoms with Crippen LogP contribution in [0.3, 0.4) is 0 Å². The number of carbonyl (C=O) groups excluding carboxylic acids is 2. The van der Waals surface area contributed by atoms with E-state index >= 15 is 0 Å². The van der Waals surface area contributed by atoms with E-state index in [1.165, 1.54) is 6.92 Å². The van der Waals surface area contributed by atoms with Gasteiger partial charge in [0.05, 0.1) is 0 Å². The van der Waals surface area contributed by atoms with Gasteiger partial charge in [0.15, 0.2) is 0 Å². The fraction of sp³-hybridized carbons (Fsp3) is 0.143. The maximum atomic E-state index is 10.5. The summed E-state index contributed by atoms with van der Waals surface area (Å²) in [5.74, 6) is -1.47. The Morgan fingerprint density at radius 1 is 1.45 bits per heavy atom. The van der Waals surface area contributed by atoms with Crippen LogP contribution < -0.4 is 0 Å². The molecule has 0 N–H and O–H groups in total. The topological polar surface area (TPSA) is 43.4 Å². The number of carbonyl (C=O) groups is 2. The number of hydrogen-bond acceptors (Lipinski definition) is 3. The third kappa shape index (κ3) is 5.58. The van der Waals surface area contributed by atoms with E-state index in [0.29, 0.717) is 0 Å². The van der Waals surface area contributed by atoms with Crippen LogP contribution in [0.25, 0.3) is 0 Å². The Balaban J connectivity index is 0. The molecule has 0 saturated carbocycles. The van der Waals surface area contributed by atoms with Crippen molar-refractivity contribution in [3.05, 3.63) is 24.8 Å². The third-order valence-corrected chi connectivity index (χ3v) is 0.708. The number of hydrogen-bond donors (Lipinski definition) is 0. The standard InChI is InChI=1S/C7H8O3.Cu/c1-4-6(8)10-7(9)5(2)3;/h4H,1-2H2,3H3;. The summed E-state index contributed by atoms with van der Waals surface area (Å²) in [4.78, 5) is 20.8. The van der Waals surface area contributed by atoms with Gasteiger partial charge in [0.1, 0.15) is 0 Å². The van der Waals surface area contributed by atoms with Gasteiger partial charge in [-0.3, -0.25) is 0 Å². The third-order valence-electron chi connectivity index (χ3n) is 0.708. The molecule has 11 heavy (non-hydrogen) atoms. The predicted octanol–water partition coefficient (Wildman–Crippen LogP) is 0.816. The first-order valence-corrected chi connectivity index (χ1v) is 2.62. The second kappa shape index (κ2) is 5.89. The summed E-state index contributed by atoms with van der Waals surface area (Å²) in [6, 6.07) is 0. The van der Waals surface area contributed by atoms with Crippen LogP contribution in [0.4, 0.5) is 0 Å². The minimum atomic E-state index is -0.756. The second-order valence-corrected chi connectivity index (χ2v) is 1.69. The van der Waals surface area contributed by atoms with Crippen LogP contribution in [-0.4, -0.2) is 11.9 Å². The van der Waals surface area contributed by atoms with E-state index in [2.05, 4.69) is 17.9 Å². The van der Waals surface area contributed by atoms with Gasteiger partial charge in [-0.1, -0.05) is 13.2 Å². The largest absolute Gasteiger partial charge is 0.386 e. The molecule has 4 heteroatoms. The van der Waals surface area contributed by atoms with Gasteiger partial charge in [-0.15, -0.1) is 0 Å². The summed E-state index contributed by atoms with van der Waals surface area (Å²) in [7, 11) is 0. The molecule has 0 aromatic carbocycles. The monoisotopic (exact) mass is 203 g/mol. The Hall–Kier alpha value is -0.861. The van der Waals surface area contributed by atoms with Crippen molar-refractivity contribution in [2.45, 2.75) is 6.92 Å². The number of esters is 2. The van der Waals surface area contributed by atoms with E-state index < -0.39 is 11.9 Å². The summed E-state index contributed by atoms with van der Waals surface area (Å²) < 4.78 is 4.17. The molecule has 0 heterocycles. The average molecular weight is 204 g/mol. The van der Waals surface area contributed by atoms with Crippen molar-refractivity contribution in [3.63, 3.8) is 0 Å². The van der Waals surface area contributed by atoms with Gasteiger partial charge in [-0.05, 0) is 6.92 Å². The van der Waals surface area contributed by atoms with Crippen LogP contribution in [0.5, 0.6) is 0 Å². The zero-order valence-electron chi connectivity index (χ0n) is 6.02. The predicted molar refractivity (Wildman–Crippen MR) is 36.1 cm³/mol. The van der Waals surface area contributed by atoms with E-state index in [9.17, 15) is 9.59 Å². The smallest absolute Gasteiger partial charge is 0.340 e. The Kier molecular flexibility index (Phi) is 6.84. The van der Waals surface area contributed by atoms with Crippen LogP contribution >= 0.6 is 0 Å². The zero-order valence-corrected chi connectivity index (χ0v) is 6.96. The minimum Gasteiger partial charge on any atom is -0.386 e. The first-order valence-electron chi connectivity index (χ1n) is 2.62. The fourth-order valence-electron chi connectivity index (χ4n) is 0.220. The normalized spacial score (nSPS) is 7.36. The first kappa shape index (κ1) is 12.8. The molecule has 0 atom stereocenters. The van der Waals surface area contributed by atoms with Gasteiger partial charge in [0.2, 0.25) is 0 Å². The Morgan fingerprint density at radius 2 is 1.91 bits per heavy atom. The van der Waals surface area contributed by atoms with Crippen LogP contribution in [0.15, 0.2) is 24.8 Å². The van der Waals surface area contributed by atoms with Crippen molar-refractivity contribution in [1.29, 1.82) is 0 Å². The van der Waals surface area contributed by atoms with Crippen molar-refractivity contribution in [1.82, 2.24) is 0 Å². The maximum Gasteiger partial charge on any atom is 0.340 e. The molecule has 0 aliphatic heterocycles. The molecule has 0 aromatic rings. The van der Waals surface area contributed by atoms with Crippen molar-refractivity contribution in [2.24, 2.45) is 0 Å². The van der Waals surface area contributed by atoms with Gasteiger partial charge >= 0.3 is 11.9 Å². The Morgan fingerprint density at radius 3 is 2.18 bits per heavy atom. The van der Waals surface area contributed by atoms with Gasteiger partial charge in [-0.25, -0.2) is 9.59 Å². The van der Waals surface area contributed by atoms with Crippen molar-refractivity contribution in [2.75, 3.05) is 0 Å². The molecule has 0 unspecified atom stereocenters. The number of ether oxygens (including phenoxy) is 1. The zero-order chi connectivity index (χ0) is 8.15. The molecule has 0 aromatic heterocycles. The van der Waals surface area contributed by atoms with Crippen LogP contribution in [0.2, 0.25) is 0 Å². The van der Waals surface area contributed by atoms with Crippen molar-refractivity contribution in [3.8, 4) is 0 Å². The SMILES string of the molecule is C=CC(=O)OC(=O)C(=C)C.[Cu]. The Labute approximate surface area is 75.6 Å². The molecule has 3 nitrogen and oxygen atoms in total. The molecule has 1 radical (unpaired) electrons. The molecule has 0 amide bonds. The molecule has 0 saturated heterocycles. The Bertz CT molecular complexity index is 196.